The maximum absolute atomic E-state index is 3.39. The first-order valence-electron chi connectivity index (χ1n) is 7.86. The molecule has 20 heavy (non-hydrogen) atoms. The van der Waals surface area contributed by atoms with Gasteiger partial charge in [-0.25, -0.2) is 0 Å². The molecule has 112 valence electrons. The van der Waals surface area contributed by atoms with E-state index in [0.717, 1.165) is 25.7 Å². The summed E-state index contributed by atoms with van der Waals surface area (Å²) in [5, 5.41) is 3.39. The Morgan fingerprint density at radius 1 is 1.35 bits per heavy atom. The van der Waals surface area contributed by atoms with Crippen LogP contribution in [0.25, 0.3) is 0 Å². The molecule has 0 aromatic heterocycles. The molecule has 1 aromatic carbocycles. The lowest BCUT2D eigenvalue weighted by atomic mass is 10.1. The van der Waals surface area contributed by atoms with Crippen molar-refractivity contribution in [2.75, 3.05) is 33.7 Å². The van der Waals surface area contributed by atoms with E-state index < -0.39 is 0 Å². The van der Waals surface area contributed by atoms with Gasteiger partial charge in [-0.15, -0.1) is 0 Å². The normalized spacial score (nSPS) is 19.9. The summed E-state index contributed by atoms with van der Waals surface area (Å²) in [4.78, 5) is 4.96. The molecule has 0 bridgehead atoms. The highest BCUT2D eigenvalue weighted by molar-refractivity contribution is 5.23. The van der Waals surface area contributed by atoms with E-state index in [4.69, 9.17) is 0 Å². The fraction of sp³-hybridized carbons (Fsp3) is 0.647. The highest BCUT2D eigenvalue weighted by Gasteiger charge is 2.21. The lowest BCUT2D eigenvalue weighted by Crippen LogP contribution is -2.36. The van der Waals surface area contributed by atoms with E-state index in [0.29, 0.717) is 0 Å². The second-order valence-electron chi connectivity index (χ2n) is 6.07. The first-order valence-corrected chi connectivity index (χ1v) is 7.86. The van der Waals surface area contributed by atoms with Crippen LogP contribution in [0.3, 0.4) is 0 Å². The summed E-state index contributed by atoms with van der Waals surface area (Å²) >= 11 is 0. The quantitative estimate of drug-likeness (QED) is 0.824. The molecule has 1 heterocycles. The van der Waals surface area contributed by atoms with E-state index in [9.17, 15) is 0 Å². The van der Waals surface area contributed by atoms with Crippen molar-refractivity contribution in [2.45, 2.75) is 38.9 Å². The molecule has 1 aromatic rings. The van der Waals surface area contributed by atoms with Gasteiger partial charge in [-0.2, -0.15) is 0 Å². The largest absolute Gasteiger partial charge is 0.313 e. The molecule has 3 nitrogen and oxygen atoms in total. The first kappa shape index (κ1) is 15.5. The van der Waals surface area contributed by atoms with Crippen LogP contribution < -0.4 is 5.32 Å². The van der Waals surface area contributed by atoms with Crippen LogP contribution in [0.4, 0.5) is 0 Å². The van der Waals surface area contributed by atoms with Crippen LogP contribution in [-0.4, -0.2) is 49.6 Å². The van der Waals surface area contributed by atoms with Crippen LogP contribution in [0.5, 0.6) is 0 Å². The Balaban J connectivity index is 1.85. The number of rotatable bonds is 7. The Morgan fingerprint density at radius 3 is 2.85 bits per heavy atom. The van der Waals surface area contributed by atoms with Crippen molar-refractivity contribution >= 4 is 0 Å². The maximum atomic E-state index is 3.39. The number of nitrogens with one attached hydrogen (secondary N) is 1. The lowest BCUT2D eigenvalue weighted by molar-refractivity contribution is 0.215. The van der Waals surface area contributed by atoms with Gasteiger partial charge in [0.25, 0.3) is 0 Å². The highest BCUT2D eigenvalue weighted by Crippen LogP contribution is 2.16. The van der Waals surface area contributed by atoms with Crippen molar-refractivity contribution in [2.24, 2.45) is 0 Å². The minimum Gasteiger partial charge on any atom is -0.313 e. The van der Waals surface area contributed by atoms with Gasteiger partial charge < -0.3 is 15.1 Å². The van der Waals surface area contributed by atoms with Gasteiger partial charge in [0, 0.05) is 25.7 Å². The molecule has 1 saturated heterocycles. The van der Waals surface area contributed by atoms with Crippen LogP contribution in [0.15, 0.2) is 24.3 Å². The highest BCUT2D eigenvalue weighted by atomic mass is 15.2. The van der Waals surface area contributed by atoms with Crippen LogP contribution in [-0.2, 0) is 13.1 Å². The van der Waals surface area contributed by atoms with E-state index in [1.807, 2.05) is 0 Å². The fourth-order valence-corrected chi connectivity index (χ4v) is 3.05. The van der Waals surface area contributed by atoms with Crippen molar-refractivity contribution in [3.05, 3.63) is 35.4 Å². The number of benzene rings is 1. The topological polar surface area (TPSA) is 18.5 Å². The molecule has 0 saturated carbocycles. The van der Waals surface area contributed by atoms with Crippen LogP contribution >= 0.6 is 0 Å². The van der Waals surface area contributed by atoms with Gasteiger partial charge in [-0.3, -0.25) is 0 Å². The third-order valence-corrected chi connectivity index (χ3v) is 4.22. The molecule has 2 rings (SSSR count). The van der Waals surface area contributed by atoms with Crippen molar-refractivity contribution < 1.29 is 0 Å². The molecule has 0 amide bonds. The molecule has 1 atom stereocenters. The molecular formula is C17H29N3. The molecule has 0 aliphatic carbocycles. The Labute approximate surface area is 124 Å². The molecular weight excluding hydrogens is 246 g/mol. The minimum absolute atomic E-state index is 0.741. The molecule has 1 unspecified atom stereocenters. The van der Waals surface area contributed by atoms with Gasteiger partial charge >= 0.3 is 0 Å². The second kappa shape index (κ2) is 7.77. The Hall–Kier alpha value is -0.900. The monoisotopic (exact) mass is 275 g/mol. The van der Waals surface area contributed by atoms with Crippen molar-refractivity contribution in [3.8, 4) is 0 Å². The van der Waals surface area contributed by atoms with E-state index in [2.05, 4.69) is 60.4 Å². The zero-order chi connectivity index (χ0) is 14.4. The number of hydrogen-bond donors (Lipinski definition) is 1. The Bertz CT molecular complexity index is 405. The average Bonchev–Trinajstić information content (AvgIpc) is 2.82. The number of nitrogens with zero attached hydrogens (tertiary/aromatic N) is 2. The third kappa shape index (κ3) is 4.58. The maximum Gasteiger partial charge on any atom is 0.0231 e. The SMILES string of the molecule is CCNCc1cccc(CN(C)CC2CCCN2C)c1. The predicted octanol–water partition coefficient (Wildman–Crippen LogP) is 2.32. The van der Waals surface area contributed by atoms with Gasteiger partial charge in [0.1, 0.15) is 0 Å². The van der Waals surface area contributed by atoms with Gasteiger partial charge in [0.2, 0.25) is 0 Å². The molecule has 0 radical (unpaired) electrons. The second-order valence-corrected chi connectivity index (χ2v) is 6.07. The van der Waals surface area contributed by atoms with Crippen molar-refractivity contribution in [1.82, 2.24) is 15.1 Å². The number of likely N-dealkylation sites (tertiary alicyclic amines) is 1. The van der Waals surface area contributed by atoms with Crippen LogP contribution in [0.1, 0.15) is 30.9 Å². The van der Waals surface area contributed by atoms with Gasteiger partial charge in [0.05, 0.1) is 0 Å². The smallest absolute Gasteiger partial charge is 0.0231 e. The Morgan fingerprint density at radius 2 is 2.15 bits per heavy atom. The van der Waals surface area contributed by atoms with Crippen molar-refractivity contribution in [1.29, 1.82) is 0 Å². The third-order valence-electron chi connectivity index (χ3n) is 4.22. The van der Waals surface area contributed by atoms with E-state index in [1.165, 1.54) is 37.1 Å². The number of hydrogen-bond acceptors (Lipinski definition) is 3. The summed E-state index contributed by atoms with van der Waals surface area (Å²) < 4.78 is 0. The molecule has 1 aliphatic heterocycles. The standard InChI is InChI=1S/C17H29N3/c1-4-18-12-15-7-5-8-16(11-15)13-19(2)14-17-9-6-10-20(17)3/h5,7-8,11,17-18H,4,6,9-10,12-14H2,1-3H3. The van der Waals surface area contributed by atoms with Crippen LogP contribution in [0.2, 0.25) is 0 Å². The summed E-state index contributed by atoms with van der Waals surface area (Å²) in [5.41, 5.74) is 2.80. The first-order chi connectivity index (χ1) is 9.69. The van der Waals surface area contributed by atoms with Gasteiger partial charge in [-0.1, -0.05) is 31.2 Å². The number of likely N-dealkylation sites (N-methyl/N-ethyl adjacent to an activating group) is 2. The molecule has 1 aliphatic rings. The van der Waals surface area contributed by atoms with E-state index in [-0.39, 0.29) is 0 Å². The summed E-state index contributed by atoms with van der Waals surface area (Å²) in [7, 11) is 4.49. The average molecular weight is 275 g/mol. The summed E-state index contributed by atoms with van der Waals surface area (Å²) in [6.07, 6.45) is 2.70. The van der Waals surface area contributed by atoms with E-state index >= 15 is 0 Å². The lowest BCUT2D eigenvalue weighted by Gasteiger charge is -2.26. The summed E-state index contributed by atoms with van der Waals surface area (Å²) in [5.74, 6) is 0. The molecule has 1 fully saturated rings. The zero-order valence-electron chi connectivity index (χ0n) is 13.2. The molecule has 3 heteroatoms. The van der Waals surface area contributed by atoms with Crippen LogP contribution in [0, 0.1) is 0 Å². The minimum atomic E-state index is 0.741. The summed E-state index contributed by atoms with van der Waals surface area (Å²) in [6, 6.07) is 9.70. The summed E-state index contributed by atoms with van der Waals surface area (Å²) in [6.45, 7) is 7.63. The van der Waals surface area contributed by atoms with E-state index in [1.54, 1.807) is 0 Å². The van der Waals surface area contributed by atoms with Gasteiger partial charge in [-0.05, 0) is 51.2 Å². The molecule has 1 N–H and O–H groups in total. The Kier molecular flexibility index (Phi) is 6.02. The molecule has 0 spiro atoms. The van der Waals surface area contributed by atoms with Crippen molar-refractivity contribution in [3.63, 3.8) is 0 Å². The predicted molar refractivity (Wildman–Crippen MR) is 85.8 cm³/mol. The zero-order valence-corrected chi connectivity index (χ0v) is 13.2. The van der Waals surface area contributed by atoms with Gasteiger partial charge in [0.15, 0.2) is 0 Å². The fourth-order valence-electron chi connectivity index (χ4n) is 3.05.